The summed E-state index contributed by atoms with van der Waals surface area (Å²) in [6, 6.07) is 11.8. The van der Waals surface area contributed by atoms with E-state index in [4.69, 9.17) is 22.7 Å². The van der Waals surface area contributed by atoms with Gasteiger partial charge in [-0.3, -0.25) is 10.2 Å². The second-order valence-corrected chi connectivity index (χ2v) is 11.3. The smallest absolute Gasteiger partial charge is 0.284 e. The Labute approximate surface area is 229 Å². The summed E-state index contributed by atoms with van der Waals surface area (Å²) in [7, 11) is -4.08. The summed E-state index contributed by atoms with van der Waals surface area (Å²) in [5.41, 5.74) is 8.57. The Kier molecular flexibility index (Phi) is 8.37. The third-order valence-electron chi connectivity index (χ3n) is 6.74. The van der Waals surface area contributed by atoms with E-state index in [1.807, 2.05) is 30.0 Å². The number of sulfonamides is 1. The molecule has 2 aromatic rings. The van der Waals surface area contributed by atoms with Crippen molar-refractivity contribution in [2.24, 2.45) is 10.1 Å². The number of allylic oxidation sites excluding steroid dienone is 1. The van der Waals surface area contributed by atoms with E-state index in [1.54, 1.807) is 12.1 Å². The van der Waals surface area contributed by atoms with E-state index in [1.165, 1.54) is 17.7 Å². The van der Waals surface area contributed by atoms with Crippen molar-refractivity contribution in [1.82, 2.24) is 4.90 Å². The molecule has 12 heteroatoms. The second-order valence-electron chi connectivity index (χ2n) is 9.22. The lowest BCUT2D eigenvalue weighted by Crippen LogP contribution is -2.55. The molecule has 3 N–H and O–H groups in total. The van der Waals surface area contributed by atoms with Gasteiger partial charge in [-0.2, -0.15) is 12.8 Å². The molecule has 2 aliphatic rings. The van der Waals surface area contributed by atoms with E-state index in [9.17, 15) is 17.6 Å². The Morgan fingerprint density at radius 2 is 1.82 bits per heavy atom. The van der Waals surface area contributed by atoms with Crippen molar-refractivity contribution in [2.75, 3.05) is 42.5 Å². The van der Waals surface area contributed by atoms with Gasteiger partial charge in [0.05, 0.1) is 4.90 Å². The third kappa shape index (κ3) is 6.33. The van der Waals surface area contributed by atoms with Gasteiger partial charge in [-0.25, -0.2) is 0 Å². The van der Waals surface area contributed by atoms with Crippen molar-refractivity contribution in [1.29, 1.82) is 5.41 Å². The number of halogens is 2. The molecule has 1 fully saturated rings. The molecule has 0 saturated carbocycles. The standard InChI is InChI=1S/C26H30ClFN6O3S.2H2/c1-18(34-12-2-3-19-17-20(27)4-9-23(19)34)26(35)33-15-13-32(14-16-33)21-5-7-22(8-6-21)38(36,37)31-25(30)11-10-24(28)29;;/h4-11,17-18,29H,2-3,12-16H2,1H3,(H2,30,31);2*1H/b11-10-,29-24?;;/t18-;;/m1../s1. The summed E-state index contributed by atoms with van der Waals surface area (Å²) in [5, 5.41) is 7.40. The largest absolute Gasteiger partial charge is 0.383 e. The van der Waals surface area contributed by atoms with E-state index in [0.29, 0.717) is 37.3 Å². The number of hydrogen-bond acceptors (Lipinski definition) is 6. The molecule has 0 aliphatic carbocycles. The van der Waals surface area contributed by atoms with Gasteiger partial charge >= 0.3 is 0 Å². The van der Waals surface area contributed by atoms with Crippen molar-refractivity contribution in [3.8, 4) is 0 Å². The molecule has 2 aliphatic heterocycles. The predicted molar refractivity (Wildman–Crippen MR) is 153 cm³/mol. The number of aryl methyl sites for hydroxylation is 1. The maximum atomic E-state index is 13.4. The predicted octanol–water partition coefficient (Wildman–Crippen LogP) is 3.87. The van der Waals surface area contributed by atoms with Crippen molar-refractivity contribution in [3.05, 3.63) is 65.2 Å². The monoisotopic (exact) mass is 564 g/mol. The van der Waals surface area contributed by atoms with Crippen molar-refractivity contribution in [2.45, 2.75) is 30.7 Å². The van der Waals surface area contributed by atoms with Gasteiger partial charge in [0, 0.05) is 52.0 Å². The average molecular weight is 565 g/mol. The van der Waals surface area contributed by atoms with Crippen molar-refractivity contribution in [3.63, 3.8) is 0 Å². The highest BCUT2D eigenvalue weighted by Crippen LogP contribution is 2.31. The van der Waals surface area contributed by atoms with Gasteiger partial charge in [-0.15, -0.1) is 4.40 Å². The molecule has 2 aromatic carbocycles. The fourth-order valence-corrected chi connectivity index (χ4v) is 5.91. The summed E-state index contributed by atoms with van der Waals surface area (Å²) in [5.74, 6) is -1.60. The van der Waals surface area contributed by atoms with E-state index in [-0.39, 0.29) is 19.7 Å². The van der Waals surface area contributed by atoms with E-state index in [0.717, 1.165) is 36.8 Å². The number of nitrogens with two attached hydrogens (primary N) is 1. The third-order valence-corrected chi connectivity index (χ3v) is 8.29. The molecular formula is C26H34ClFN6O3S. The Bertz CT molecular complexity index is 1380. The zero-order valence-corrected chi connectivity index (χ0v) is 22.6. The van der Waals surface area contributed by atoms with Gasteiger partial charge in [0.2, 0.25) is 11.9 Å². The zero-order valence-electron chi connectivity index (χ0n) is 21.0. The minimum atomic E-state index is -4.08. The lowest BCUT2D eigenvalue weighted by molar-refractivity contribution is -0.132. The highest BCUT2D eigenvalue weighted by atomic mass is 35.5. The number of carbonyl (C=O) groups is 1. The summed E-state index contributed by atoms with van der Waals surface area (Å²) < 4.78 is 40.9. The van der Waals surface area contributed by atoms with Crippen molar-refractivity contribution < 1.29 is 20.5 Å². The molecule has 1 saturated heterocycles. The number of rotatable bonds is 7. The molecule has 206 valence electrons. The molecule has 0 aromatic heterocycles. The van der Waals surface area contributed by atoms with Crippen LogP contribution in [0.2, 0.25) is 5.02 Å². The fraction of sp³-hybridized carbons (Fsp3) is 0.346. The SMILES string of the molecule is C[C@H](C(=O)N1CCN(c2ccc(S(=O)(=O)N=C(N)/C=C\C(=N)F)cc2)CC1)N1CCCc2cc(Cl)ccc21.[HH].[HH]. The first-order valence-corrected chi connectivity index (χ1v) is 14.1. The Morgan fingerprint density at radius 1 is 1.13 bits per heavy atom. The Morgan fingerprint density at radius 3 is 2.47 bits per heavy atom. The number of hydrogen-bond donors (Lipinski definition) is 2. The summed E-state index contributed by atoms with van der Waals surface area (Å²) in [6.45, 7) is 5.11. The summed E-state index contributed by atoms with van der Waals surface area (Å²) in [6.07, 6.45) is 3.55. The van der Waals surface area contributed by atoms with Crippen LogP contribution in [0.3, 0.4) is 0 Å². The lowest BCUT2D eigenvalue weighted by Gasteiger charge is -2.41. The van der Waals surface area contributed by atoms with Gasteiger partial charge < -0.3 is 20.4 Å². The normalized spacial score (nSPS) is 17.4. The van der Waals surface area contributed by atoms with Crippen LogP contribution >= 0.6 is 11.6 Å². The van der Waals surface area contributed by atoms with Crippen LogP contribution in [-0.2, 0) is 21.2 Å². The van der Waals surface area contributed by atoms with Crippen LogP contribution in [0, 0.1) is 5.41 Å². The molecule has 0 radical (unpaired) electrons. The molecule has 0 unspecified atom stereocenters. The van der Waals surface area contributed by atoms with Gasteiger partial charge in [0.1, 0.15) is 11.9 Å². The van der Waals surface area contributed by atoms with Gasteiger partial charge in [-0.05, 0) is 79.9 Å². The second kappa shape index (κ2) is 11.5. The molecule has 9 nitrogen and oxygen atoms in total. The van der Waals surface area contributed by atoms with Crippen LogP contribution in [0.5, 0.6) is 0 Å². The molecule has 4 rings (SSSR count). The number of piperazine rings is 1. The maximum Gasteiger partial charge on any atom is 0.284 e. The summed E-state index contributed by atoms with van der Waals surface area (Å²) >= 11 is 6.17. The van der Waals surface area contributed by atoms with E-state index in [2.05, 4.69) is 14.2 Å². The first-order chi connectivity index (χ1) is 18.0. The van der Waals surface area contributed by atoms with Gasteiger partial charge in [0.15, 0.2) is 0 Å². The number of fused-ring (bicyclic) bond motifs is 1. The van der Waals surface area contributed by atoms with Crippen LogP contribution in [0.15, 0.2) is 63.9 Å². The van der Waals surface area contributed by atoms with Crippen LogP contribution in [0.25, 0.3) is 0 Å². The summed E-state index contributed by atoms with van der Waals surface area (Å²) in [4.78, 5) is 19.4. The molecule has 2 heterocycles. The van der Waals surface area contributed by atoms with Crippen LogP contribution in [-0.4, -0.2) is 69.8 Å². The molecule has 1 amide bonds. The van der Waals surface area contributed by atoms with Crippen LogP contribution < -0.4 is 15.5 Å². The number of benzene rings is 2. The van der Waals surface area contributed by atoms with Gasteiger partial charge in [0.25, 0.3) is 10.0 Å². The highest BCUT2D eigenvalue weighted by Gasteiger charge is 2.31. The Balaban J connectivity index is 0.00000280. The van der Waals surface area contributed by atoms with Crippen LogP contribution in [0.4, 0.5) is 15.8 Å². The number of amides is 1. The minimum absolute atomic E-state index is 0. The average Bonchev–Trinajstić information content (AvgIpc) is 2.90. The highest BCUT2D eigenvalue weighted by molar-refractivity contribution is 7.90. The number of nitrogens with zero attached hydrogens (tertiary/aromatic N) is 4. The Hall–Kier alpha value is -3.44. The van der Waals surface area contributed by atoms with Crippen LogP contribution in [0.1, 0.15) is 21.8 Å². The maximum absolute atomic E-state index is 13.4. The first kappa shape index (κ1) is 27.6. The molecule has 1 atom stereocenters. The van der Waals surface area contributed by atoms with E-state index < -0.39 is 21.8 Å². The number of carbonyl (C=O) groups excluding carboxylic acids is 1. The molecular weight excluding hydrogens is 531 g/mol. The van der Waals surface area contributed by atoms with Crippen molar-refractivity contribution >= 4 is 50.7 Å². The first-order valence-electron chi connectivity index (χ1n) is 12.3. The topological polar surface area (TPSA) is 123 Å². The zero-order chi connectivity index (χ0) is 27.4. The number of amidine groups is 1. The molecule has 0 bridgehead atoms. The number of nitrogens with one attached hydrogen (secondary N) is 1. The fourth-order valence-electron chi connectivity index (χ4n) is 4.79. The molecule has 38 heavy (non-hydrogen) atoms. The number of anilines is 2. The lowest BCUT2D eigenvalue weighted by atomic mass is 10.00. The minimum Gasteiger partial charge on any atom is -0.383 e. The quantitative estimate of drug-likeness (QED) is 0.389. The molecule has 0 spiro atoms. The van der Waals surface area contributed by atoms with E-state index >= 15 is 0 Å². The van der Waals surface area contributed by atoms with Gasteiger partial charge in [-0.1, -0.05) is 11.6 Å².